The first-order valence-electron chi connectivity index (χ1n) is 6.26. The Hall–Kier alpha value is -1.29. The lowest BCUT2D eigenvalue weighted by atomic mass is 9.80. The highest BCUT2D eigenvalue weighted by atomic mass is 35.5. The molecule has 18 heavy (non-hydrogen) atoms. The lowest BCUT2D eigenvalue weighted by Gasteiger charge is -2.31. The van der Waals surface area contributed by atoms with Crippen molar-refractivity contribution in [2.45, 2.75) is 32.2 Å². The molecule has 1 atom stereocenters. The zero-order valence-electron chi connectivity index (χ0n) is 10.7. The number of carbonyl (C=O) groups is 1. The van der Waals surface area contributed by atoms with Gasteiger partial charge in [-0.15, -0.1) is 0 Å². The van der Waals surface area contributed by atoms with Crippen molar-refractivity contribution in [1.82, 2.24) is 10.3 Å². The molecule has 0 saturated heterocycles. The number of carbonyl (C=O) groups excluding carboxylic acids is 1. The Balaban J connectivity index is 2.07. The standard InChI is InChI=1S/C13H18ClN3O/c1-8(9-4-3-5-9)17-13(18)10-6-12(15-2)16-7-11(10)14/h6-9H,3-5H2,1-2H3,(H,15,16)(H,17,18). The van der Waals surface area contributed by atoms with Gasteiger partial charge in [0.15, 0.2) is 0 Å². The van der Waals surface area contributed by atoms with E-state index in [2.05, 4.69) is 22.5 Å². The van der Waals surface area contributed by atoms with Crippen LogP contribution in [-0.4, -0.2) is 24.0 Å². The number of nitrogens with zero attached hydrogens (tertiary/aromatic N) is 1. The van der Waals surface area contributed by atoms with E-state index in [0.717, 1.165) is 0 Å². The molecule has 1 unspecified atom stereocenters. The zero-order valence-corrected chi connectivity index (χ0v) is 11.4. The molecule has 1 aromatic heterocycles. The van der Waals surface area contributed by atoms with Gasteiger partial charge in [-0.25, -0.2) is 4.98 Å². The van der Waals surface area contributed by atoms with E-state index in [0.29, 0.717) is 22.3 Å². The second-order valence-corrected chi connectivity index (χ2v) is 5.16. The minimum absolute atomic E-state index is 0.127. The average Bonchev–Trinajstić information content (AvgIpc) is 2.27. The number of hydrogen-bond donors (Lipinski definition) is 2. The Morgan fingerprint density at radius 1 is 1.56 bits per heavy atom. The van der Waals surface area contributed by atoms with Crippen LogP contribution in [0.25, 0.3) is 0 Å². The molecule has 0 aromatic carbocycles. The number of amides is 1. The number of hydrogen-bond acceptors (Lipinski definition) is 3. The molecule has 1 aromatic rings. The van der Waals surface area contributed by atoms with Gasteiger partial charge < -0.3 is 10.6 Å². The summed E-state index contributed by atoms with van der Waals surface area (Å²) >= 11 is 6.01. The summed E-state index contributed by atoms with van der Waals surface area (Å²) in [6.45, 7) is 2.05. The smallest absolute Gasteiger partial charge is 0.253 e. The van der Waals surface area contributed by atoms with Crippen LogP contribution >= 0.6 is 11.6 Å². The molecule has 0 aliphatic heterocycles. The van der Waals surface area contributed by atoms with E-state index in [1.54, 1.807) is 13.1 Å². The summed E-state index contributed by atoms with van der Waals surface area (Å²) in [4.78, 5) is 16.2. The molecule has 2 rings (SSSR count). The van der Waals surface area contributed by atoms with Crippen LogP contribution in [0.2, 0.25) is 5.02 Å². The normalized spacial score (nSPS) is 16.8. The van der Waals surface area contributed by atoms with Crippen molar-refractivity contribution in [2.24, 2.45) is 5.92 Å². The van der Waals surface area contributed by atoms with E-state index >= 15 is 0 Å². The maximum atomic E-state index is 12.1. The third kappa shape index (κ3) is 2.75. The fourth-order valence-corrected chi connectivity index (χ4v) is 2.28. The molecule has 0 bridgehead atoms. The van der Waals surface area contributed by atoms with E-state index in [4.69, 9.17) is 11.6 Å². The third-order valence-corrected chi connectivity index (χ3v) is 3.87. The maximum Gasteiger partial charge on any atom is 0.253 e. The fraction of sp³-hybridized carbons (Fsp3) is 0.538. The van der Waals surface area contributed by atoms with E-state index in [1.807, 2.05) is 0 Å². The van der Waals surface area contributed by atoms with Crippen molar-refractivity contribution >= 4 is 23.3 Å². The number of halogens is 1. The molecule has 1 aliphatic rings. The highest BCUT2D eigenvalue weighted by Crippen LogP contribution is 2.29. The van der Waals surface area contributed by atoms with Crippen molar-refractivity contribution in [2.75, 3.05) is 12.4 Å². The number of pyridine rings is 1. The van der Waals surface area contributed by atoms with Crippen LogP contribution in [0.4, 0.5) is 5.82 Å². The summed E-state index contributed by atoms with van der Waals surface area (Å²) in [6.07, 6.45) is 5.17. The Kier molecular flexibility index (Phi) is 4.07. The van der Waals surface area contributed by atoms with E-state index in [9.17, 15) is 4.79 Å². The van der Waals surface area contributed by atoms with Gasteiger partial charge in [-0.2, -0.15) is 0 Å². The molecule has 1 heterocycles. The van der Waals surface area contributed by atoms with Crippen molar-refractivity contribution in [1.29, 1.82) is 0 Å². The Morgan fingerprint density at radius 3 is 2.83 bits per heavy atom. The van der Waals surface area contributed by atoms with Crippen molar-refractivity contribution in [3.05, 3.63) is 22.8 Å². The van der Waals surface area contributed by atoms with Crippen LogP contribution in [-0.2, 0) is 0 Å². The van der Waals surface area contributed by atoms with Crippen LogP contribution in [0.15, 0.2) is 12.3 Å². The summed E-state index contributed by atoms with van der Waals surface area (Å²) in [5.41, 5.74) is 0.474. The molecule has 4 nitrogen and oxygen atoms in total. The monoisotopic (exact) mass is 267 g/mol. The minimum atomic E-state index is -0.127. The number of anilines is 1. The summed E-state index contributed by atoms with van der Waals surface area (Å²) in [5, 5.41) is 6.29. The minimum Gasteiger partial charge on any atom is -0.373 e. The van der Waals surface area contributed by atoms with Crippen LogP contribution in [0.1, 0.15) is 36.5 Å². The van der Waals surface area contributed by atoms with Crippen molar-refractivity contribution in [3.63, 3.8) is 0 Å². The molecular formula is C13H18ClN3O. The zero-order chi connectivity index (χ0) is 13.1. The highest BCUT2D eigenvalue weighted by molar-refractivity contribution is 6.33. The summed E-state index contributed by atoms with van der Waals surface area (Å²) in [6, 6.07) is 1.87. The lowest BCUT2D eigenvalue weighted by Crippen LogP contribution is -2.40. The Labute approximate surface area is 112 Å². The molecule has 0 radical (unpaired) electrons. The molecule has 98 valence electrons. The second-order valence-electron chi connectivity index (χ2n) is 4.75. The number of aromatic nitrogens is 1. The molecule has 1 fully saturated rings. The maximum absolute atomic E-state index is 12.1. The highest BCUT2D eigenvalue weighted by Gasteiger charge is 2.25. The van der Waals surface area contributed by atoms with Gasteiger partial charge in [-0.1, -0.05) is 18.0 Å². The van der Waals surface area contributed by atoms with E-state index in [1.165, 1.54) is 25.5 Å². The fourth-order valence-electron chi connectivity index (χ4n) is 2.09. The molecule has 0 spiro atoms. The molecule has 1 amide bonds. The van der Waals surface area contributed by atoms with Gasteiger partial charge in [0.1, 0.15) is 5.82 Å². The van der Waals surface area contributed by atoms with E-state index < -0.39 is 0 Å². The van der Waals surface area contributed by atoms with Crippen LogP contribution in [0.3, 0.4) is 0 Å². The summed E-state index contributed by atoms with van der Waals surface area (Å²) in [5.74, 6) is 1.12. The van der Waals surface area contributed by atoms with Gasteiger partial charge in [0.05, 0.1) is 10.6 Å². The van der Waals surface area contributed by atoms with Crippen molar-refractivity contribution < 1.29 is 4.79 Å². The first-order valence-corrected chi connectivity index (χ1v) is 6.63. The third-order valence-electron chi connectivity index (χ3n) is 3.57. The second kappa shape index (κ2) is 5.57. The largest absolute Gasteiger partial charge is 0.373 e. The van der Waals surface area contributed by atoms with Gasteiger partial charge >= 0.3 is 0 Å². The SMILES string of the molecule is CNc1cc(C(=O)NC(C)C2CCC2)c(Cl)cn1. The summed E-state index contributed by atoms with van der Waals surface area (Å²) in [7, 11) is 1.76. The van der Waals surface area contributed by atoms with Gasteiger partial charge in [0.2, 0.25) is 0 Å². The van der Waals surface area contributed by atoms with Crippen LogP contribution in [0.5, 0.6) is 0 Å². The molecule has 2 N–H and O–H groups in total. The van der Waals surface area contributed by atoms with Gasteiger partial charge in [-0.3, -0.25) is 4.79 Å². The topological polar surface area (TPSA) is 54.0 Å². The molecule has 1 saturated carbocycles. The first kappa shape index (κ1) is 13.1. The Morgan fingerprint density at radius 2 is 2.28 bits per heavy atom. The predicted molar refractivity (Wildman–Crippen MR) is 73.1 cm³/mol. The molecule has 5 heteroatoms. The lowest BCUT2D eigenvalue weighted by molar-refractivity contribution is 0.0909. The summed E-state index contributed by atoms with van der Waals surface area (Å²) < 4.78 is 0. The van der Waals surface area contributed by atoms with Gasteiger partial charge in [-0.05, 0) is 31.7 Å². The van der Waals surface area contributed by atoms with Crippen LogP contribution in [0, 0.1) is 5.92 Å². The van der Waals surface area contributed by atoms with E-state index in [-0.39, 0.29) is 11.9 Å². The average molecular weight is 268 g/mol. The number of nitrogens with one attached hydrogen (secondary N) is 2. The quantitative estimate of drug-likeness (QED) is 0.882. The van der Waals surface area contributed by atoms with Crippen LogP contribution < -0.4 is 10.6 Å². The predicted octanol–water partition coefficient (Wildman–Crippen LogP) is 2.70. The Bertz CT molecular complexity index is 446. The molecular weight excluding hydrogens is 250 g/mol. The van der Waals surface area contributed by atoms with Crippen molar-refractivity contribution in [3.8, 4) is 0 Å². The molecule has 1 aliphatic carbocycles. The first-order chi connectivity index (χ1) is 8.61. The van der Waals surface area contributed by atoms with Gasteiger partial charge in [0.25, 0.3) is 5.91 Å². The number of rotatable bonds is 4. The van der Waals surface area contributed by atoms with Gasteiger partial charge in [0, 0.05) is 19.3 Å².